The van der Waals surface area contributed by atoms with Gasteiger partial charge < -0.3 is 5.73 Å². The van der Waals surface area contributed by atoms with Gasteiger partial charge in [0.05, 0.1) is 0 Å². The van der Waals surface area contributed by atoms with Crippen LogP contribution < -0.4 is 5.73 Å². The first-order valence-electron chi connectivity index (χ1n) is 8.56. The summed E-state index contributed by atoms with van der Waals surface area (Å²) in [6, 6.07) is 9.73. The Labute approximate surface area is 130 Å². The monoisotopic (exact) mass is 288 g/mol. The summed E-state index contributed by atoms with van der Waals surface area (Å²) in [7, 11) is 0. The Bertz CT molecular complexity index is 424. The fraction of sp³-hybridized carbons (Fsp3) is 0.684. The van der Waals surface area contributed by atoms with Crippen LogP contribution in [0.5, 0.6) is 0 Å². The van der Waals surface area contributed by atoms with Crippen molar-refractivity contribution in [1.82, 2.24) is 4.90 Å². The zero-order valence-electron chi connectivity index (χ0n) is 14.2. The summed E-state index contributed by atoms with van der Waals surface area (Å²) in [5.41, 5.74) is 9.13. The highest BCUT2D eigenvalue weighted by Gasteiger charge is 2.25. The van der Waals surface area contributed by atoms with Crippen LogP contribution in [-0.2, 0) is 6.42 Å². The summed E-state index contributed by atoms with van der Waals surface area (Å²) in [6.07, 6.45) is 3.82. The number of likely N-dealkylation sites (tertiary alicyclic amines) is 1. The second-order valence-electron chi connectivity index (χ2n) is 7.30. The molecule has 1 aromatic rings. The molecule has 2 heteroatoms. The van der Waals surface area contributed by atoms with Crippen molar-refractivity contribution in [2.24, 2.45) is 17.6 Å². The third kappa shape index (κ3) is 4.55. The molecule has 1 aliphatic heterocycles. The molecule has 1 aromatic carbocycles. The predicted molar refractivity (Wildman–Crippen MR) is 91.3 cm³/mol. The van der Waals surface area contributed by atoms with Crippen molar-refractivity contribution in [3.8, 4) is 0 Å². The van der Waals surface area contributed by atoms with Crippen molar-refractivity contribution in [2.45, 2.75) is 59.0 Å². The van der Waals surface area contributed by atoms with Crippen molar-refractivity contribution >= 4 is 0 Å². The lowest BCUT2D eigenvalue weighted by molar-refractivity contribution is 0.107. The van der Waals surface area contributed by atoms with Gasteiger partial charge >= 0.3 is 0 Å². The molecule has 0 saturated carbocycles. The minimum Gasteiger partial charge on any atom is -0.323 e. The van der Waals surface area contributed by atoms with E-state index in [4.69, 9.17) is 5.73 Å². The van der Waals surface area contributed by atoms with Crippen molar-refractivity contribution in [2.75, 3.05) is 13.1 Å². The van der Waals surface area contributed by atoms with E-state index in [1.54, 1.807) is 0 Å². The molecule has 0 aromatic heterocycles. The van der Waals surface area contributed by atoms with Crippen molar-refractivity contribution in [3.05, 3.63) is 35.4 Å². The van der Waals surface area contributed by atoms with Gasteiger partial charge in [-0.15, -0.1) is 0 Å². The molecule has 1 heterocycles. The first-order chi connectivity index (χ1) is 9.97. The Morgan fingerprint density at radius 3 is 2.48 bits per heavy atom. The minimum absolute atomic E-state index is 0.130. The molecule has 21 heavy (non-hydrogen) atoms. The van der Waals surface area contributed by atoms with Crippen LogP contribution in [0.25, 0.3) is 0 Å². The van der Waals surface area contributed by atoms with Gasteiger partial charge in [0, 0.05) is 18.6 Å². The van der Waals surface area contributed by atoms with Gasteiger partial charge in [0.2, 0.25) is 0 Å². The zero-order valence-corrected chi connectivity index (χ0v) is 14.2. The number of nitrogens with zero attached hydrogens (tertiary/aromatic N) is 1. The van der Waals surface area contributed by atoms with Gasteiger partial charge in [0.15, 0.2) is 0 Å². The largest absolute Gasteiger partial charge is 0.323 e. The summed E-state index contributed by atoms with van der Waals surface area (Å²) in [4.78, 5) is 2.57. The Balaban J connectivity index is 1.95. The smallest absolute Gasteiger partial charge is 0.0424 e. The molecule has 0 bridgehead atoms. The molecule has 0 aliphatic carbocycles. The van der Waals surface area contributed by atoms with Crippen molar-refractivity contribution in [3.63, 3.8) is 0 Å². The predicted octanol–water partition coefficient (Wildman–Crippen LogP) is 4.01. The lowest BCUT2D eigenvalue weighted by atomic mass is 9.91. The third-order valence-corrected chi connectivity index (χ3v) is 4.99. The van der Waals surface area contributed by atoms with Crippen LogP contribution >= 0.6 is 0 Å². The SMILES string of the molecule is CC(C)Cc1ccc(C(N)CN2CCCC(C)C2C)cc1. The standard InChI is InChI=1S/C19H32N2/c1-14(2)12-17-7-9-18(10-8-17)19(20)13-21-11-5-6-15(3)16(21)4/h7-10,14-16,19H,5-6,11-13,20H2,1-4H3. The number of nitrogens with two attached hydrogens (primary N) is 1. The van der Waals surface area contributed by atoms with Crippen LogP contribution in [0.2, 0.25) is 0 Å². The average molecular weight is 288 g/mol. The molecule has 0 amide bonds. The summed E-state index contributed by atoms with van der Waals surface area (Å²) < 4.78 is 0. The molecule has 3 atom stereocenters. The van der Waals surface area contributed by atoms with Crippen molar-refractivity contribution in [1.29, 1.82) is 0 Å². The highest BCUT2D eigenvalue weighted by atomic mass is 15.2. The topological polar surface area (TPSA) is 29.3 Å². The van der Waals surface area contributed by atoms with E-state index in [0.717, 1.165) is 18.9 Å². The van der Waals surface area contributed by atoms with Gasteiger partial charge in [-0.05, 0) is 55.7 Å². The van der Waals surface area contributed by atoms with E-state index in [0.29, 0.717) is 12.0 Å². The fourth-order valence-corrected chi connectivity index (χ4v) is 3.41. The summed E-state index contributed by atoms with van der Waals surface area (Å²) in [5, 5.41) is 0. The molecule has 2 rings (SSSR count). The van der Waals surface area contributed by atoms with E-state index in [9.17, 15) is 0 Å². The molecular weight excluding hydrogens is 256 g/mol. The highest BCUT2D eigenvalue weighted by Crippen LogP contribution is 2.25. The van der Waals surface area contributed by atoms with Crippen LogP contribution in [0.4, 0.5) is 0 Å². The first-order valence-corrected chi connectivity index (χ1v) is 8.56. The van der Waals surface area contributed by atoms with E-state index in [1.807, 2.05) is 0 Å². The second kappa shape index (κ2) is 7.42. The van der Waals surface area contributed by atoms with Crippen LogP contribution in [0.3, 0.4) is 0 Å². The van der Waals surface area contributed by atoms with E-state index in [-0.39, 0.29) is 6.04 Å². The quantitative estimate of drug-likeness (QED) is 0.887. The van der Waals surface area contributed by atoms with Gasteiger partial charge in [-0.1, -0.05) is 45.0 Å². The Hall–Kier alpha value is -0.860. The molecule has 1 aliphatic rings. The molecular formula is C19H32N2. The summed E-state index contributed by atoms with van der Waals surface area (Å²) >= 11 is 0. The fourth-order valence-electron chi connectivity index (χ4n) is 3.41. The minimum atomic E-state index is 0.130. The summed E-state index contributed by atoms with van der Waals surface area (Å²) in [6.45, 7) is 11.4. The Kier molecular flexibility index (Phi) is 5.83. The molecule has 2 N–H and O–H groups in total. The molecule has 0 radical (unpaired) electrons. The van der Waals surface area contributed by atoms with E-state index < -0.39 is 0 Å². The third-order valence-electron chi connectivity index (χ3n) is 4.99. The average Bonchev–Trinajstić information content (AvgIpc) is 2.44. The molecule has 0 spiro atoms. The highest BCUT2D eigenvalue weighted by molar-refractivity contribution is 5.25. The first kappa shape index (κ1) is 16.5. The molecule has 1 saturated heterocycles. The lowest BCUT2D eigenvalue weighted by Crippen LogP contribution is -2.45. The summed E-state index contributed by atoms with van der Waals surface area (Å²) in [5.74, 6) is 1.50. The number of hydrogen-bond donors (Lipinski definition) is 1. The maximum absolute atomic E-state index is 6.44. The van der Waals surface area contributed by atoms with Gasteiger partial charge in [-0.25, -0.2) is 0 Å². The molecule has 2 nitrogen and oxygen atoms in total. The van der Waals surface area contributed by atoms with Crippen LogP contribution in [0, 0.1) is 11.8 Å². The Morgan fingerprint density at radius 1 is 1.19 bits per heavy atom. The number of piperidine rings is 1. The molecule has 118 valence electrons. The van der Waals surface area contributed by atoms with Crippen molar-refractivity contribution < 1.29 is 0 Å². The zero-order chi connectivity index (χ0) is 15.4. The molecule has 1 fully saturated rings. The van der Waals surface area contributed by atoms with E-state index >= 15 is 0 Å². The number of hydrogen-bond acceptors (Lipinski definition) is 2. The second-order valence-corrected chi connectivity index (χ2v) is 7.30. The lowest BCUT2D eigenvalue weighted by Gasteiger charge is -2.39. The van der Waals surface area contributed by atoms with Crippen LogP contribution in [0.1, 0.15) is 57.7 Å². The van der Waals surface area contributed by atoms with Gasteiger partial charge in [-0.2, -0.15) is 0 Å². The van der Waals surface area contributed by atoms with Gasteiger partial charge in [0.1, 0.15) is 0 Å². The van der Waals surface area contributed by atoms with Crippen LogP contribution in [-0.4, -0.2) is 24.0 Å². The maximum atomic E-state index is 6.44. The normalized spacial score (nSPS) is 25.2. The maximum Gasteiger partial charge on any atom is 0.0424 e. The number of benzene rings is 1. The van der Waals surface area contributed by atoms with Gasteiger partial charge in [0.25, 0.3) is 0 Å². The van der Waals surface area contributed by atoms with E-state index in [1.165, 1.54) is 30.5 Å². The molecule has 3 unspecified atom stereocenters. The van der Waals surface area contributed by atoms with Crippen LogP contribution in [0.15, 0.2) is 24.3 Å². The van der Waals surface area contributed by atoms with E-state index in [2.05, 4.69) is 56.9 Å². The number of rotatable bonds is 5. The van der Waals surface area contributed by atoms with Gasteiger partial charge in [-0.3, -0.25) is 4.90 Å². The Morgan fingerprint density at radius 2 is 1.86 bits per heavy atom.